The normalized spacial score (nSPS) is 17.9. The van der Waals surface area contributed by atoms with Crippen molar-refractivity contribution < 1.29 is 19.0 Å². The van der Waals surface area contributed by atoms with Crippen LogP contribution in [-0.2, 0) is 4.74 Å². The number of halogens is 1. The SMILES string of the molecule is COC1/C=C/COc2nc(cnc2C#N)NC(=O)Nc2cc(Cl)ccc2OC1. The molecule has 1 aliphatic rings. The van der Waals surface area contributed by atoms with Gasteiger partial charge >= 0.3 is 6.03 Å². The Labute approximate surface area is 165 Å². The van der Waals surface area contributed by atoms with Gasteiger partial charge in [0.05, 0.1) is 11.9 Å². The van der Waals surface area contributed by atoms with Crippen molar-refractivity contribution in [3.05, 3.63) is 47.3 Å². The summed E-state index contributed by atoms with van der Waals surface area (Å²) in [6.45, 7) is 0.326. The number of carbonyl (C=O) groups excluding carboxylic acids is 1. The molecule has 0 spiro atoms. The summed E-state index contributed by atoms with van der Waals surface area (Å²) in [6, 6.07) is 6.16. The van der Waals surface area contributed by atoms with E-state index in [1.807, 2.05) is 6.07 Å². The van der Waals surface area contributed by atoms with E-state index in [2.05, 4.69) is 20.6 Å². The fourth-order valence-electron chi connectivity index (χ4n) is 2.31. The largest absolute Gasteiger partial charge is 0.488 e. The first kappa shape index (κ1) is 19.4. The summed E-state index contributed by atoms with van der Waals surface area (Å²) < 4.78 is 16.6. The molecule has 1 aliphatic heterocycles. The number of hydrogen-bond acceptors (Lipinski definition) is 7. The Kier molecular flexibility index (Phi) is 6.26. The molecule has 1 aromatic carbocycles. The van der Waals surface area contributed by atoms with Gasteiger partial charge in [0.2, 0.25) is 5.69 Å². The quantitative estimate of drug-likeness (QED) is 0.705. The fourth-order valence-corrected chi connectivity index (χ4v) is 2.49. The van der Waals surface area contributed by atoms with Gasteiger partial charge in [-0.15, -0.1) is 0 Å². The number of hydrogen-bond donors (Lipinski definition) is 2. The molecular formula is C18H16ClN5O4. The number of fused-ring (bicyclic) bond motifs is 3. The topological polar surface area (TPSA) is 118 Å². The molecule has 9 nitrogen and oxygen atoms in total. The lowest BCUT2D eigenvalue weighted by molar-refractivity contribution is 0.0915. The van der Waals surface area contributed by atoms with E-state index in [9.17, 15) is 4.79 Å². The standard InChI is InChI=1S/C18H16ClN5O4/c1-26-12-3-2-6-27-17-14(8-20)21-9-16(23-17)24-18(25)22-13-7-11(19)4-5-15(13)28-10-12/h2-5,7,9,12H,6,10H2,1H3,(H2,22,23,24,25)/b3-2+. The lowest BCUT2D eigenvalue weighted by atomic mass is 10.3. The molecule has 10 heteroatoms. The number of aromatic nitrogens is 2. The lowest BCUT2D eigenvalue weighted by Crippen LogP contribution is -2.22. The van der Waals surface area contributed by atoms with Gasteiger partial charge in [-0.25, -0.2) is 9.78 Å². The van der Waals surface area contributed by atoms with Crippen molar-refractivity contribution in [3.63, 3.8) is 0 Å². The zero-order chi connectivity index (χ0) is 19.9. The van der Waals surface area contributed by atoms with E-state index in [1.165, 1.54) is 6.20 Å². The van der Waals surface area contributed by atoms with Crippen LogP contribution in [0.1, 0.15) is 5.69 Å². The molecule has 2 aromatic rings. The number of ether oxygens (including phenoxy) is 3. The van der Waals surface area contributed by atoms with Crippen molar-refractivity contribution >= 4 is 29.1 Å². The Morgan fingerprint density at radius 3 is 3.00 bits per heavy atom. The minimum Gasteiger partial charge on any atom is -0.488 e. The maximum atomic E-state index is 12.3. The molecule has 2 amide bonds. The van der Waals surface area contributed by atoms with Gasteiger partial charge in [0, 0.05) is 12.1 Å². The third-order valence-electron chi connectivity index (χ3n) is 3.65. The molecule has 2 heterocycles. The number of carbonyl (C=O) groups is 1. The van der Waals surface area contributed by atoms with E-state index >= 15 is 0 Å². The van der Waals surface area contributed by atoms with Gasteiger partial charge in [0.25, 0.3) is 5.88 Å². The molecule has 0 radical (unpaired) electrons. The van der Waals surface area contributed by atoms with Gasteiger partial charge in [0.15, 0.2) is 5.82 Å². The number of urea groups is 1. The minimum atomic E-state index is -0.589. The number of nitrogens with one attached hydrogen (secondary N) is 2. The molecule has 144 valence electrons. The third kappa shape index (κ3) is 4.88. The molecule has 0 aliphatic carbocycles. The number of amides is 2. The van der Waals surface area contributed by atoms with Crippen molar-refractivity contribution in [1.82, 2.24) is 9.97 Å². The summed E-state index contributed by atoms with van der Waals surface area (Å²) in [5, 5.41) is 14.7. The van der Waals surface area contributed by atoms with Gasteiger partial charge in [-0.05, 0) is 24.3 Å². The van der Waals surface area contributed by atoms with Gasteiger partial charge in [-0.3, -0.25) is 5.32 Å². The Bertz CT molecular complexity index is 944. The number of nitrogens with zero attached hydrogens (tertiary/aromatic N) is 3. The van der Waals surface area contributed by atoms with Crippen LogP contribution >= 0.6 is 11.6 Å². The molecule has 2 bridgehead atoms. The van der Waals surface area contributed by atoms with Crippen molar-refractivity contribution in [2.24, 2.45) is 0 Å². The van der Waals surface area contributed by atoms with Crippen molar-refractivity contribution in [2.45, 2.75) is 6.10 Å². The van der Waals surface area contributed by atoms with Crippen LogP contribution in [0.15, 0.2) is 36.5 Å². The lowest BCUT2D eigenvalue weighted by Gasteiger charge is -2.16. The molecular weight excluding hydrogens is 386 g/mol. The highest BCUT2D eigenvalue weighted by molar-refractivity contribution is 6.31. The molecule has 2 N–H and O–H groups in total. The number of methoxy groups -OCH3 is 1. The Balaban J connectivity index is 1.94. The van der Waals surface area contributed by atoms with Gasteiger partial charge < -0.3 is 19.5 Å². The summed E-state index contributed by atoms with van der Waals surface area (Å²) in [5.74, 6) is 0.547. The number of rotatable bonds is 1. The molecule has 3 rings (SSSR count). The van der Waals surface area contributed by atoms with Crippen LogP contribution in [0.3, 0.4) is 0 Å². The van der Waals surface area contributed by atoms with Gasteiger partial charge in [-0.2, -0.15) is 10.2 Å². The molecule has 0 fully saturated rings. The van der Waals surface area contributed by atoms with E-state index in [1.54, 1.807) is 37.5 Å². The summed E-state index contributed by atoms with van der Waals surface area (Å²) in [7, 11) is 1.55. The van der Waals surface area contributed by atoms with Crippen LogP contribution in [0.4, 0.5) is 16.3 Å². The zero-order valence-corrected chi connectivity index (χ0v) is 15.6. The first-order valence-corrected chi connectivity index (χ1v) is 8.56. The first-order valence-electron chi connectivity index (χ1n) is 8.19. The van der Waals surface area contributed by atoms with E-state index < -0.39 is 6.03 Å². The second-order valence-electron chi connectivity index (χ2n) is 5.56. The van der Waals surface area contributed by atoms with E-state index in [-0.39, 0.29) is 36.7 Å². The van der Waals surface area contributed by atoms with Crippen LogP contribution < -0.4 is 20.1 Å². The Hall–Kier alpha value is -3.35. The van der Waals surface area contributed by atoms with Gasteiger partial charge in [0.1, 0.15) is 31.1 Å². The summed E-state index contributed by atoms with van der Waals surface area (Å²) in [6.07, 6.45) is 4.37. The second-order valence-corrected chi connectivity index (χ2v) is 6.00. The van der Waals surface area contributed by atoms with Crippen LogP contribution in [0.25, 0.3) is 0 Å². The van der Waals surface area contributed by atoms with Crippen molar-refractivity contribution in [2.75, 3.05) is 31.0 Å². The molecule has 0 saturated heterocycles. The third-order valence-corrected chi connectivity index (χ3v) is 3.89. The summed E-state index contributed by atoms with van der Waals surface area (Å²) in [4.78, 5) is 20.4. The van der Waals surface area contributed by atoms with Crippen molar-refractivity contribution in [1.29, 1.82) is 5.26 Å². The highest BCUT2D eigenvalue weighted by atomic mass is 35.5. The van der Waals surface area contributed by atoms with Gasteiger partial charge in [-0.1, -0.05) is 17.7 Å². The molecule has 28 heavy (non-hydrogen) atoms. The number of benzene rings is 1. The van der Waals surface area contributed by atoms with E-state index in [4.69, 9.17) is 31.1 Å². The van der Waals surface area contributed by atoms with E-state index in [0.29, 0.717) is 16.5 Å². The highest BCUT2D eigenvalue weighted by Crippen LogP contribution is 2.28. The minimum absolute atomic E-state index is 0.00688. The second kappa shape index (κ2) is 9.03. The van der Waals surface area contributed by atoms with Crippen LogP contribution in [0.2, 0.25) is 5.02 Å². The average Bonchev–Trinajstić information content (AvgIpc) is 2.68. The fraction of sp³-hybridized carbons (Fsp3) is 0.222. The Morgan fingerprint density at radius 1 is 1.36 bits per heavy atom. The highest BCUT2D eigenvalue weighted by Gasteiger charge is 2.14. The van der Waals surface area contributed by atoms with E-state index in [0.717, 1.165) is 0 Å². The maximum absolute atomic E-state index is 12.3. The monoisotopic (exact) mass is 401 g/mol. The predicted molar refractivity (Wildman–Crippen MR) is 102 cm³/mol. The molecule has 0 saturated carbocycles. The maximum Gasteiger partial charge on any atom is 0.325 e. The number of nitriles is 1. The molecule has 1 atom stereocenters. The van der Waals surface area contributed by atoms with Crippen LogP contribution in [0, 0.1) is 11.3 Å². The van der Waals surface area contributed by atoms with Crippen LogP contribution in [-0.4, -0.2) is 42.4 Å². The first-order chi connectivity index (χ1) is 13.6. The molecule has 1 aromatic heterocycles. The van der Waals surface area contributed by atoms with Crippen molar-refractivity contribution in [3.8, 4) is 17.7 Å². The zero-order valence-electron chi connectivity index (χ0n) is 14.8. The Morgan fingerprint density at radius 2 is 2.21 bits per heavy atom. The molecule has 1 unspecified atom stereocenters. The summed E-state index contributed by atoms with van der Waals surface area (Å²) >= 11 is 6.03. The number of anilines is 2. The van der Waals surface area contributed by atoms with Crippen LogP contribution in [0.5, 0.6) is 11.6 Å². The average molecular weight is 402 g/mol. The smallest absolute Gasteiger partial charge is 0.325 e. The summed E-state index contributed by atoms with van der Waals surface area (Å²) in [5.41, 5.74) is 0.379. The predicted octanol–water partition coefficient (Wildman–Crippen LogP) is 2.99.